The maximum atomic E-state index is 12.4. The van der Waals surface area contributed by atoms with E-state index in [1.165, 1.54) is 24.3 Å². The van der Waals surface area contributed by atoms with Gasteiger partial charge in [-0.05, 0) is 36.5 Å². The normalized spacial score (nSPS) is 14.9. The lowest BCUT2D eigenvalue weighted by Gasteiger charge is -2.09. The Bertz CT molecular complexity index is 689. The first-order chi connectivity index (χ1) is 10.4. The molecule has 1 heterocycles. The first-order valence-corrected chi connectivity index (χ1v) is 6.93. The summed E-state index contributed by atoms with van der Waals surface area (Å²) in [4.78, 5) is 12.2. The predicted molar refractivity (Wildman–Crippen MR) is 74.7 cm³/mol. The number of amides is 1. The fraction of sp³-hybridized carbons (Fsp3) is 0.333. The van der Waals surface area contributed by atoms with Gasteiger partial charge in [-0.3, -0.25) is 9.89 Å². The third-order valence-electron chi connectivity index (χ3n) is 3.52. The van der Waals surface area contributed by atoms with Crippen molar-refractivity contribution in [2.45, 2.75) is 31.4 Å². The number of aromatic nitrogens is 2. The number of nitrogens with one attached hydrogen (secondary N) is 2. The van der Waals surface area contributed by atoms with Crippen LogP contribution < -0.4 is 5.32 Å². The molecule has 1 aromatic carbocycles. The fourth-order valence-corrected chi connectivity index (χ4v) is 2.34. The van der Waals surface area contributed by atoms with Crippen LogP contribution in [-0.2, 0) is 6.42 Å². The van der Waals surface area contributed by atoms with Crippen molar-refractivity contribution in [3.63, 3.8) is 0 Å². The molecule has 116 valence electrons. The Kier molecular flexibility index (Phi) is 3.64. The first-order valence-electron chi connectivity index (χ1n) is 6.93. The molecule has 22 heavy (non-hydrogen) atoms. The van der Waals surface area contributed by atoms with Crippen LogP contribution in [-0.4, -0.2) is 22.3 Å². The number of nitrogens with zero attached hydrogens (tertiary/aromatic N) is 1. The van der Waals surface area contributed by atoms with E-state index in [-0.39, 0.29) is 11.1 Å². The third kappa shape index (κ3) is 3.47. The van der Waals surface area contributed by atoms with Gasteiger partial charge in [0.1, 0.15) is 5.82 Å². The molecule has 0 spiro atoms. The summed E-state index contributed by atoms with van der Waals surface area (Å²) in [6.45, 7) is 0. The first kappa shape index (κ1) is 14.6. The quantitative estimate of drug-likeness (QED) is 0.906. The number of hydrogen-bond acceptors (Lipinski definition) is 2. The number of carbonyl (C=O) groups excluding carboxylic acids is 1. The van der Waals surface area contributed by atoms with E-state index in [0.717, 1.165) is 18.4 Å². The second kappa shape index (κ2) is 5.47. The lowest BCUT2D eigenvalue weighted by Crippen LogP contribution is -2.15. The van der Waals surface area contributed by atoms with E-state index >= 15 is 0 Å². The number of halogens is 3. The Morgan fingerprint density at radius 2 is 2.14 bits per heavy atom. The molecule has 2 aromatic rings. The average molecular weight is 309 g/mol. The molecule has 4 nitrogen and oxygen atoms in total. The molecule has 0 aliphatic heterocycles. The summed E-state index contributed by atoms with van der Waals surface area (Å²) in [6.07, 6.45) is -1.55. The highest BCUT2D eigenvalue weighted by molar-refractivity contribution is 6.04. The Labute approximate surface area is 124 Å². The van der Waals surface area contributed by atoms with Crippen LogP contribution in [0.3, 0.4) is 0 Å². The Morgan fingerprint density at radius 1 is 1.36 bits per heavy atom. The molecule has 1 saturated carbocycles. The van der Waals surface area contributed by atoms with Crippen LogP contribution in [0, 0.1) is 0 Å². The smallest absolute Gasteiger partial charge is 0.307 e. The highest BCUT2D eigenvalue weighted by Crippen LogP contribution is 2.42. The summed E-state index contributed by atoms with van der Waals surface area (Å²) < 4.78 is 37.2. The van der Waals surface area contributed by atoms with E-state index < -0.39 is 18.5 Å². The SMILES string of the molecule is O=C(Nc1[nH]ncc1C1CC1)c1cccc(CC(F)(F)F)c1. The highest BCUT2D eigenvalue weighted by Gasteiger charge is 2.29. The number of benzene rings is 1. The van der Waals surface area contributed by atoms with E-state index in [2.05, 4.69) is 15.5 Å². The van der Waals surface area contributed by atoms with Gasteiger partial charge in [0.05, 0.1) is 12.6 Å². The summed E-state index contributed by atoms with van der Waals surface area (Å²) >= 11 is 0. The van der Waals surface area contributed by atoms with Crippen LogP contribution in [0.4, 0.5) is 19.0 Å². The van der Waals surface area contributed by atoms with Gasteiger partial charge in [-0.1, -0.05) is 12.1 Å². The van der Waals surface area contributed by atoms with Gasteiger partial charge in [-0.2, -0.15) is 18.3 Å². The zero-order valence-electron chi connectivity index (χ0n) is 11.6. The molecule has 1 aliphatic carbocycles. The van der Waals surface area contributed by atoms with Crippen molar-refractivity contribution in [3.05, 3.63) is 47.2 Å². The van der Waals surface area contributed by atoms with Gasteiger partial charge in [0, 0.05) is 11.1 Å². The summed E-state index contributed by atoms with van der Waals surface area (Å²) in [6, 6.07) is 5.55. The molecule has 1 fully saturated rings. The van der Waals surface area contributed by atoms with E-state index in [1.54, 1.807) is 6.20 Å². The number of rotatable bonds is 4. The molecular formula is C15H14F3N3O. The van der Waals surface area contributed by atoms with Crippen molar-refractivity contribution in [2.24, 2.45) is 0 Å². The summed E-state index contributed by atoms with van der Waals surface area (Å²) in [7, 11) is 0. The highest BCUT2D eigenvalue weighted by atomic mass is 19.4. The van der Waals surface area contributed by atoms with Gasteiger partial charge < -0.3 is 5.32 Å². The van der Waals surface area contributed by atoms with E-state index in [1.807, 2.05) is 0 Å². The van der Waals surface area contributed by atoms with Gasteiger partial charge in [0.15, 0.2) is 0 Å². The number of carbonyl (C=O) groups is 1. The fourth-order valence-electron chi connectivity index (χ4n) is 2.34. The molecule has 2 N–H and O–H groups in total. The number of anilines is 1. The summed E-state index contributed by atoms with van der Waals surface area (Å²) in [5, 5.41) is 9.31. The monoisotopic (exact) mass is 309 g/mol. The largest absolute Gasteiger partial charge is 0.393 e. The number of H-pyrrole nitrogens is 1. The Balaban J connectivity index is 1.74. The van der Waals surface area contributed by atoms with Crippen molar-refractivity contribution >= 4 is 11.7 Å². The van der Waals surface area contributed by atoms with Gasteiger partial charge in [-0.15, -0.1) is 0 Å². The topological polar surface area (TPSA) is 57.8 Å². The minimum atomic E-state index is -4.29. The van der Waals surface area contributed by atoms with Crippen LogP contribution in [0.1, 0.15) is 40.2 Å². The third-order valence-corrected chi connectivity index (χ3v) is 3.52. The average Bonchev–Trinajstić information content (AvgIpc) is 3.18. The molecule has 1 aromatic heterocycles. The molecular weight excluding hydrogens is 295 g/mol. The second-order valence-corrected chi connectivity index (χ2v) is 5.42. The van der Waals surface area contributed by atoms with E-state index in [4.69, 9.17) is 0 Å². The van der Waals surface area contributed by atoms with E-state index in [9.17, 15) is 18.0 Å². The van der Waals surface area contributed by atoms with Crippen molar-refractivity contribution in [3.8, 4) is 0 Å². The lowest BCUT2D eigenvalue weighted by molar-refractivity contribution is -0.127. The maximum absolute atomic E-state index is 12.4. The summed E-state index contributed by atoms with van der Waals surface area (Å²) in [5.74, 6) is 0.481. The van der Waals surface area contributed by atoms with Gasteiger partial charge in [-0.25, -0.2) is 0 Å². The molecule has 3 rings (SSSR count). The Morgan fingerprint density at radius 3 is 2.82 bits per heavy atom. The second-order valence-electron chi connectivity index (χ2n) is 5.42. The molecule has 0 unspecified atom stereocenters. The molecule has 0 atom stereocenters. The standard InChI is InChI=1S/C15H14F3N3O/c16-15(17,18)7-9-2-1-3-11(6-9)14(22)20-13-12(8-19-21-13)10-4-5-10/h1-3,6,8,10H,4-5,7H2,(H2,19,20,21,22). The van der Waals surface area contributed by atoms with Crippen LogP contribution in [0.5, 0.6) is 0 Å². The predicted octanol–water partition coefficient (Wildman–Crippen LogP) is 3.64. The van der Waals surface area contributed by atoms with Crippen molar-refractivity contribution in [1.29, 1.82) is 0 Å². The number of alkyl halides is 3. The molecule has 7 heteroatoms. The number of aromatic amines is 1. The molecule has 0 saturated heterocycles. The molecule has 1 amide bonds. The van der Waals surface area contributed by atoms with E-state index in [0.29, 0.717) is 11.7 Å². The Hall–Kier alpha value is -2.31. The van der Waals surface area contributed by atoms with Crippen LogP contribution in [0.25, 0.3) is 0 Å². The number of hydrogen-bond donors (Lipinski definition) is 2. The van der Waals surface area contributed by atoms with Crippen LogP contribution in [0.2, 0.25) is 0 Å². The molecule has 0 radical (unpaired) electrons. The maximum Gasteiger partial charge on any atom is 0.393 e. The minimum Gasteiger partial charge on any atom is -0.307 e. The molecule has 0 bridgehead atoms. The molecule has 1 aliphatic rings. The minimum absolute atomic E-state index is 0.0622. The van der Waals surface area contributed by atoms with Crippen LogP contribution in [0.15, 0.2) is 30.5 Å². The van der Waals surface area contributed by atoms with Crippen LogP contribution >= 0.6 is 0 Å². The zero-order valence-corrected chi connectivity index (χ0v) is 11.6. The zero-order chi connectivity index (χ0) is 15.7. The van der Waals surface area contributed by atoms with Gasteiger partial charge in [0.2, 0.25) is 0 Å². The van der Waals surface area contributed by atoms with Gasteiger partial charge >= 0.3 is 6.18 Å². The van der Waals surface area contributed by atoms with Crippen molar-refractivity contribution in [2.75, 3.05) is 5.32 Å². The van der Waals surface area contributed by atoms with Gasteiger partial charge in [0.25, 0.3) is 5.91 Å². The van der Waals surface area contributed by atoms with Crippen molar-refractivity contribution in [1.82, 2.24) is 10.2 Å². The van der Waals surface area contributed by atoms with Crippen molar-refractivity contribution < 1.29 is 18.0 Å². The lowest BCUT2D eigenvalue weighted by atomic mass is 10.1. The summed E-state index contributed by atoms with van der Waals surface area (Å²) in [5.41, 5.74) is 1.20.